The normalized spacial score (nSPS) is 11.4. The Kier molecular flexibility index (Phi) is 4.61. The third-order valence-corrected chi connectivity index (χ3v) is 4.00. The SMILES string of the molecule is Cc1ccccc1C(=O)Nc1ccc(-c2cc(C(F)(F)F)nn2C)c(N)n1. The monoisotopic (exact) mass is 375 g/mol. The molecule has 1 amide bonds. The van der Waals surface area contributed by atoms with Crippen molar-refractivity contribution < 1.29 is 18.0 Å². The topological polar surface area (TPSA) is 85.8 Å². The number of pyridine rings is 1. The third kappa shape index (κ3) is 3.76. The predicted molar refractivity (Wildman–Crippen MR) is 95.0 cm³/mol. The van der Waals surface area contributed by atoms with Crippen molar-refractivity contribution in [2.75, 3.05) is 11.1 Å². The quantitative estimate of drug-likeness (QED) is 0.732. The molecule has 9 heteroatoms. The molecule has 2 aromatic heterocycles. The van der Waals surface area contributed by atoms with Crippen molar-refractivity contribution in [1.82, 2.24) is 14.8 Å². The van der Waals surface area contributed by atoms with Crippen LogP contribution in [0.15, 0.2) is 42.5 Å². The Bertz CT molecular complexity index is 1010. The molecule has 0 aliphatic heterocycles. The highest BCUT2D eigenvalue weighted by molar-refractivity contribution is 6.04. The highest BCUT2D eigenvalue weighted by atomic mass is 19.4. The van der Waals surface area contributed by atoms with Gasteiger partial charge in [0, 0.05) is 18.2 Å². The van der Waals surface area contributed by atoms with Gasteiger partial charge in [0.25, 0.3) is 5.91 Å². The number of nitrogen functional groups attached to an aromatic ring is 1. The highest BCUT2D eigenvalue weighted by Gasteiger charge is 2.35. The Balaban J connectivity index is 1.88. The minimum absolute atomic E-state index is 0.0192. The lowest BCUT2D eigenvalue weighted by molar-refractivity contribution is -0.141. The molecule has 2 heterocycles. The summed E-state index contributed by atoms with van der Waals surface area (Å²) < 4.78 is 39.6. The number of alkyl halides is 3. The summed E-state index contributed by atoms with van der Waals surface area (Å²) in [6.07, 6.45) is -4.56. The first-order valence-corrected chi connectivity index (χ1v) is 7.92. The van der Waals surface area contributed by atoms with E-state index in [-0.39, 0.29) is 28.8 Å². The largest absolute Gasteiger partial charge is 0.435 e. The second-order valence-corrected chi connectivity index (χ2v) is 5.93. The summed E-state index contributed by atoms with van der Waals surface area (Å²) in [5.74, 6) is -0.176. The average molecular weight is 375 g/mol. The highest BCUT2D eigenvalue weighted by Crippen LogP contribution is 2.33. The summed E-state index contributed by atoms with van der Waals surface area (Å²) in [5, 5.41) is 6.09. The van der Waals surface area contributed by atoms with Crippen LogP contribution in [0.1, 0.15) is 21.6 Å². The summed E-state index contributed by atoms with van der Waals surface area (Å²) in [4.78, 5) is 16.4. The number of halogens is 3. The Morgan fingerprint density at radius 2 is 1.89 bits per heavy atom. The first-order valence-electron chi connectivity index (χ1n) is 7.92. The average Bonchev–Trinajstić information content (AvgIpc) is 2.97. The van der Waals surface area contributed by atoms with Crippen molar-refractivity contribution in [3.8, 4) is 11.3 Å². The van der Waals surface area contributed by atoms with Gasteiger partial charge in [-0.15, -0.1) is 0 Å². The lowest BCUT2D eigenvalue weighted by Crippen LogP contribution is -2.14. The Labute approximate surface area is 152 Å². The second kappa shape index (κ2) is 6.75. The van der Waals surface area contributed by atoms with Crippen molar-refractivity contribution in [3.05, 3.63) is 59.3 Å². The first kappa shape index (κ1) is 18.4. The van der Waals surface area contributed by atoms with E-state index in [1.165, 1.54) is 19.2 Å². The van der Waals surface area contributed by atoms with Crippen molar-refractivity contribution in [3.63, 3.8) is 0 Å². The number of hydrogen-bond acceptors (Lipinski definition) is 4. The molecule has 0 saturated heterocycles. The molecule has 0 unspecified atom stereocenters. The van der Waals surface area contributed by atoms with Gasteiger partial charge in [0.2, 0.25) is 0 Å². The van der Waals surface area contributed by atoms with E-state index in [1.54, 1.807) is 25.1 Å². The van der Waals surface area contributed by atoms with Gasteiger partial charge in [-0.2, -0.15) is 18.3 Å². The number of benzene rings is 1. The van der Waals surface area contributed by atoms with Crippen LogP contribution < -0.4 is 11.1 Å². The summed E-state index contributed by atoms with van der Waals surface area (Å²) in [5.41, 5.74) is 6.63. The van der Waals surface area contributed by atoms with Crippen LogP contribution in [0.2, 0.25) is 0 Å². The van der Waals surface area contributed by atoms with Gasteiger partial charge in [0.15, 0.2) is 5.69 Å². The summed E-state index contributed by atoms with van der Waals surface area (Å²) in [6.45, 7) is 1.81. The number of nitrogens with two attached hydrogens (primary N) is 1. The lowest BCUT2D eigenvalue weighted by atomic mass is 10.1. The van der Waals surface area contributed by atoms with E-state index in [4.69, 9.17) is 5.73 Å². The molecule has 0 aliphatic rings. The maximum absolute atomic E-state index is 12.8. The molecule has 3 aromatic rings. The molecule has 0 fully saturated rings. The Hall–Kier alpha value is -3.36. The molecule has 0 saturated carbocycles. The van der Waals surface area contributed by atoms with Crippen LogP contribution in [0.5, 0.6) is 0 Å². The second-order valence-electron chi connectivity index (χ2n) is 5.93. The molecular formula is C18H16F3N5O. The van der Waals surface area contributed by atoms with Gasteiger partial charge in [-0.3, -0.25) is 9.48 Å². The standard InChI is InChI=1S/C18H16F3N5O/c1-10-5-3-4-6-11(10)17(27)24-15-8-7-12(16(22)23-15)13-9-14(18(19,20)21)25-26(13)2/h3-9H,1-2H3,(H3,22,23,24,27). The van der Waals surface area contributed by atoms with E-state index in [2.05, 4.69) is 15.4 Å². The van der Waals surface area contributed by atoms with Crippen molar-refractivity contribution in [2.45, 2.75) is 13.1 Å². The zero-order chi connectivity index (χ0) is 19.8. The van der Waals surface area contributed by atoms with Gasteiger partial charge in [-0.05, 0) is 36.8 Å². The fourth-order valence-corrected chi connectivity index (χ4v) is 2.63. The number of carbonyl (C=O) groups is 1. The number of aryl methyl sites for hydroxylation is 2. The smallest absolute Gasteiger partial charge is 0.383 e. The molecule has 3 N–H and O–H groups in total. The van der Waals surface area contributed by atoms with Crippen molar-refractivity contribution in [1.29, 1.82) is 0 Å². The lowest BCUT2D eigenvalue weighted by Gasteiger charge is -2.10. The number of aromatic nitrogens is 3. The van der Waals surface area contributed by atoms with Gasteiger partial charge in [-0.1, -0.05) is 18.2 Å². The van der Waals surface area contributed by atoms with Crippen LogP contribution in [0.25, 0.3) is 11.3 Å². The Morgan fingerprint density at radius 1 is 1.19 bits per heavy atom. The van der Waals surface area contributed by atoms with Crippen molar-refractivity contribution >= 4 is 17.5 Å². The molecular weight excluding hydrogens is 359 g/mol. The number of nitrogens with one attached hydrogen (secondary N) is 1. The zero-order valence-electron chi connectivity index (χ0n) is 14.5. The van der Waals surface area contributed by atoms with Crippen LogP contribution in [0.4, 0.5) is 24.8 Å². The van der Waals surface area contributed by atoms with E-state index < -0.39 is 11.9 Å². The number of hydrogen-bond donors (Lipinski definition) is 2. The van der Waals surface area contributed by atoms with Gasteiger partial charge < -0.3 is 11.1 Å². The summed E-state index contributed by atoms with van der Waals surface area (Å²) in [7, 11) is 1.39. The first-order chi connectivity index (χ1) is 12.7. The van der Waals surface area contributed by atoms with Crippen LogP contribution in [0, 0.1) is 6.92 Å². The number of anilines is 2. The molecule has 0 radical (unpaired) electrons. The zero-order valence-corrected chi connectivity index (χ0v) is 14.5. The fourth-order valence-electron chi connectivity index (χ4n) is 2.63. The molecule has 1 aromatic carbocycles. The molecule has 140 valence electrons. The van der Waals surface area contributed by atoms with E-state index in [0.29, 0.717) is 5.56 Å². The van der Waals surface area contributed by atoms with Crippen LogP contribution in [0.3, 0.4) is 0 Å². The maximum Gasteiger partial charge on any atom is 0.435 e. The number of nitrogens with zero attached hydrogens (tertiary/aromatic N) is 3. The predicted octanol–water partition coefficient (Wildman–Crippen LogP) is 3.64. The summed E-state index contributed by atoms with van der Waals surface area (Å²) in [6, 6.07) is 10.9. The van der Waals surface area contributed by atoms with Gasteiger partial charge in [0.05, 0.1) is 5.69 Å². The fraction of sp³-hybridized carbons (Fsp3) is 0.167. The Morgan fingerprint density at radius 3 is 2.48 bits per heavy atom. The number of rotatable bonds is 3. The van der Waals surface area contributed by atoms with Gasteiger partial charge in [0.1, 0.15) is 11.6 Å². The molecule has 3 rings (SSSR count). The van der Waals surface area contributed by atoms with Gasteiger partial charge >= 0.3 is 6.18 Å². The molecule has 0 bridgehead atoms. The molecule has 6 nitrogen and oxygen atoms in total. The van der Waals surface area contributed by atoms with Crippen LogP contribution >= 0.6 is 0 Å². The van der Waals surface area contributed by atoms with Crippen LogP contribution in [-0.2, 0) is 13.2 Å². The van der Waals surface area contributed by atoms with Crippen LogP contribution in [-0.4, -0.2) is 20.7 Å². The van der Waals surface area contributed by atoms with Crippen molar-refractivity contribution in [2.24, 2.45) is 7.05 Å². The minimum atomic E-state index is -4.56. The third-order valence-electron chi connectivity index (χ3n) is 4.00. The molecule has 0 aliphatic carbocycles. The minimum Gasteiger partial charge on any atom is -0.383 e. The van der Waals surface area contributed by atoms with E-state index >= 15 is 0 Å². The molecule has 0 atom stereocenters. The molecule has 0 spiro atoms. The van der Waals surface area contributed by atoms with E-state index in [1.807, 2.05) is 6.07 Å². The summed E-state index contributed by atoms with van der Waals surface area (Å²) >= 11 is 0. The molecule has 27 heavy (non-hydrogen) atoms. The van der Waals surface area contributed by atoms with E-state index in [0.717, 1.165) is 16.3 Å². The number of amides is 1. The van der Waals surface area contributed by atoms with E-state index in [9.17, 15) is 18.0 Å². The van der Waals surface area contributed by atoms with Gasteiger partial charge in [-0.25, -0.2) is 4.98 Å². The number of carbonyl (C=O) groups excluding carboxylic acids is 1. The maximum atomic E-state index is 12.8.